The largest absolute Gasteiger partial charge is 0.342 e. The minimum absolute atomic E-state index is 0.0877. The lowest BCUT2D eigenvalue weighted by molar-refractivity contribution is -0.128. The fraction of sp³-hybridized carbons (Fsp3) is 0.679. The van der Waals surface area contributed by atoms with E-state index >= 15 is 0 Å². The normalized spacial score (nSPS) is 24.4. The Morgan fingerprint density at radius 1 is 1.17 bits per heavy atom. The first kappa shape index (κ1) is 26.2. The minimum Gasteiger partial charge on any atom is -0.342 e. The molecule has 0 atom stereocenters. The molecule has 1 N–H and O–H groups in total. The number of hydrogen-bond donors (Lipinski definition) is 1. The second-order valence-electron chi connectivity index (χ2n) is 11.0. The van der Waals surface area contributed by atoms with Crippen molar-refractivity contribution in [2.24, 2.45) is 16.8 Å². The van der Waals surface area contributed by atoms with E-state index in [9.17, 15) is 9.59 Å². The number of amidine groups is 1. The fourth-order valence-corrected chi connectivity index (χ4v) is 6.82. The summed E-state index contributed by atoms with van der Waals surface area (Å²) in [5.41, 5.74) is 4.68. The van der Waals surface area contributed by atoms with Gasteiger partial charge in [-0.3, -0.25) is 18.9 Å². The summed E-state index contributed by atoms with van der Waals surface area (Å²) in [5.74, 6) is 3.48. The first-order valence-corrected chi connectivity index (χ1v) is 14.2. The van der Waals surface area contributed by atoms with E-state index in [2.05, 4.69) is 42.5 Å². The lowest BCUT2D eigenvalue weighted by Crippen LogP contribution is -2.47. The van der Waals surface area contributed by atoms with Crippen LogP contribution in [0.2, 0.25) is 0 Å². The van der Waals surface area contributed by atoms with Crippen LogP contribution in [0.4, 0.5) is 0 Å². The van der Waals surface area contributed by atoms with E-state index < -0.39 is 5.54 Å². The molecule has 4 rings (SSSR count). The smallest absolute Gasteiger partial charge is 0.253 e. The van der Waals surface area contributed by atoms with Crippen LogP contribution in [-0.2, 0) is 22.6 Å². The van der Waals surface area contributed by atoms with Crippen LogP contribution in [-0.4, -0.2) is 58.3 Å². The average Bonchev–Trinajstić information content (AvgIpc) is 3.13. The summed E-state index contributed by atoms with van der Waals surface area (Å²) in [5, 5.41) is 3.18. The van der Waals surface area contributed by atoms with E-state index in [-0.39, 0.29) is 11.8 Å². The van der Waals surface area contributed by atoms with E-state index in [0.717, 1.165) is 62.7 Å². The van der Waals surface area contributed by atoms with E-state index in [0.29, 0.717) is 12.5 Å². The van der Waals surface area contributed by atoms with Gasteiger partial charge in [-0.05, 0) is 74.1 Å². The van der Waals surface area contributed by atoms with Gasteiger partial charge in [0.2, 0.25) is 5.91 Å². The molecule has 1 aromatic carbocycles. The molecule has 1 saturated heterocycles. The minimum atomic E-state index is -0.522. The predicted molar refractivity (Wildman–Crippen MR) is 144 cm³/mol. The van der Waals surface area contributed by atoms with Crippen LogP contribution in [0.1, 0.15) is 74.6 Å². The lowest BCUT2D eigenvalue weighted by atomic mass is 9.82. The monoisotopic (exact) mass is 498 g/mol. The van der Waals surface area contributed by atoms with Gasteiger partial charge in [-0.1, -0.05) is 43.8 Å². The van der Waals surface area contributed by atoms with Gasteiger partial charge in [-0.2, -0.15) is 0 Å². The van der Waals surface area contributed by atoms with Crippen LogP contribution in [0, 0.1) is 25.7 Å². The van der Waals surface area contributed by atoms with Crippen molar-refractivity contribution in [3.05, 3.63) is 34.4 Å². The molecule has 0 aromatic heterocycles. The highest BCUT2D eigenvalue weighted by Crippen LogP contribution is 2.36. The molecule has 7 heteroatoms. The van der Waals surface area contributed by atoms with Gasteiger partial charge >= 0.3 is 0 Å². The molecule has 2 heterocycles. The summed E-state index contributed by atoms with van der Waals surface area (Å²) in [6.07, 6.45) is 7.46. The number of nitrogens with one attached hydrogen (secondary N) is 1. The molecule has 1 aromatic rings. The van der Waals surface area contributed by atoms with Gasteiger partial charge in [0.1, 0.15) is 11.4 Å². The summed E-state index contributed by atoms with van der Waals surface area (Å²) in [7, 11) is 1.85. The molecule has 2 aliphatic heterocycles. The van der Waals surface area contributed by atoms with Crippen molar-refractivity contribution in [2.45, 2.75) is 84.7 Å². The van der Waals surface area contributed by atoms with Crippen molar-refractivity contribution in [1.82, 2.24) is 14.5 Å². The highest BCUT2D eigenvalue weighted by Gasteiger charge is 2.47. The number of amides is 2. The highest BCUT2D eigenvalue weighted by atomic mass is 32.2. The Morgan fingerprint density at radius 2 is 1.80 bits per heavy atom. The Balaban J connectivity index is 1.27. The number of nitrogens with zero attached hydrogens (tertiary/aromatic N) is 3. The van der Waals surface area contributed by atoms with Gasteiger partial charge in [0.05, 0.1) is 0 Å². The van der Waals surface area contributed by atoms with E-state index in [1.807, 2.05) is 19.0 Å². The molecule has 2 fully saturated rings. The molecule has 1 spiro atoms. The van der Waals surface area contributed by atoms with E-state index in [1.54, 1.807) is 11.8 Å². The van der Waals surface area contributed by atoms with Gasteiger partial charge in [0, 0.05) is 45.3 Å². The number of carbonyl (C=O) groups excluding carboxylic acids is 2. The molecule has 1 saturated carbocycles. The zero-order valence-corrected chi connectivity index (χ0v) is 23.0. The van der Waals surface area contributed by atoms with Gasteiger partial charge in [0.15, 0.2) is 0 Å². The Kier molecular flexibility index (Phi) is 8.26. The highest BCUT2D eigenvalue weighted by molar-refractivity contribution is 7.97. The van der Waals surface area contributed by atoms with Gasteiger partial charge in [0.25, 0.3) is 5.91 Å². The molecule has 0 radical (unpaired) electrons. The second-order valence-corrected chi connectivity index (χ2v) is 12.2. The van der Waals surface area contributed by atoms with Crippen molar-refractivity contribution in [3.8, 4) is 0 Å². The lowest BCUT2D eigenvalue weighted by Gasteiger charge is -2.34. The number of rotatable bonds is 7. The van der Waals surface area contributed by atoms with Crippen molar-refractivity contribution in [2.75, 3.05) is 25.9 Å². The Morgan fingerprint density at radius 3 is 2.40 bits per heavy atom. The van der Waals surface area contributed by atoms with E-state index in [1.165, 1.54) is 35.1 Å². The maximum Gasteiger partial charge on any atom is 0.253 e. The summed E-state index contributed by atoms with van der Waals surface area (Å²) in [4.78, 5) is 31.3. The van der Waals surface area contributed by atoms with Crippen LogP contribution in [0.3, 0.4) is 0 Å². The molecule has 1 aliphatic carbocycles. The van der Waals surface area contributed by atoms with Crippen LogP contribution in [0.15, 0.2) is 17.1 Å². The fourth-order valence-electron chi connectivity index (χ4n) is 5.82. The van der Waals surface area contributed by atoms with Crippen LogP contribution >= 0.6 is 11.9 Å². The third-order valence-electron chi connectivity index (χ3n) is 8.29. The number of hydrogen-bond acceptors (Lipinski definition) is 5. The van der Waals surface area contributed by atoms with Crippen LogP contribution in [0.5, 0.6) is 0 Å². The molecule has 0 bridgehead atoms. The molecule has 0 unspecified atom stereocenters. The second kappa shape index (κ2) is 11.0. The average molecular weight is 499 g/mol. The molecule has 3 aliphatic rings. The predicted octanol–water partition coefficient (Wildman–Crippen LogP) is 4.66. The summed E-state index contributed by atoms with van der Waals surface area (Å²) < 4.78 is 2.43. The van der Waals surface area contributed by atoms with Crippen LogP contribution < -0.4 is 5.32 Å². The molecule has 2 amide bonds. The van der Waals surface area contributed by atoms with Gasteiger partial charge in [-0.15, -0.1) is 0 Å². The van der Waals surface area contributed by atoms with Gasteiger partial charge < -0.3 is 10.2 Å². The van der Waals surface area contributed by atoms with E-state index in [4.69, 9.17) is 4.99 Å². The third-order valence-corrected chi connectivity index (χ3v) is 9.41. The van der Waals surface area contributed by atoms with Crippen molar-refractivity contribution >= 4 is 29.6 Å². The zero-order chi connectivity index (χ0) is 25.2. The molecular formula is C28H42N4O2S. The van der Waals surface area contributed by atoms with Crippen molar-refractivity contribution in [1.29, 1.82) is 0 Å². The summed E-state index contributed by atoms with van der Waals surface area (Å²) in [6, 6.07) is 4.44. The maximum atomic E-state index is 12.9. The quantitative estimate of drug-likeness (QED) is 0.555. The Hall–Kier alpha value is -1.86. The SMILES string of the molecule is CC(=O)N(C)Cc1cc(C)c(CCSN2CCC3(CC2)N=C(C2CCC(C)CC2)NC3=O)c(C)c1. The van der Waals surface area contributed by atoms with Crippen molar-refractivity contribution < 1.29 is 9.59 Å². The number of benzene rings is 1. The Bertz CT molecular complexity index is 952. The van der Waals surface area contributed by atoms with Crippen molar-refractivity contribution in [3.63, 3.8) is 0 Å². The zero-order valence-electron chi connectivity index (χ0n) is 22.2. The topological polar surface area (TPSA) is 65.0 Å². The number of aryl methyl sites for hydroxylation is 2. The molecule has 35 heavy (non-hydrogen) atoms. The number of aliphatic imine (C=N–C) groups is 1. The molecular weight excluding hydrogens is 456 g/mol. The first-order valence-electron chi connectivity index (χ1n) is 13.3. The Labute approximate surface area is 215 Å². The maximum absolute atomic E-state index is 12.9. The third kappa shape index (κ3) is 6.11. The van der Waals surface area contributed by atoms with Gasteiger partial charge in [-0.25, -0.2) is 0 Å². The standard InChI is InChI=1S/C28H42N4O2S/c1-19-6-8-24(9-7-19)26-29-27(34)28(30-26)11-13-32(14-12-28)35-15-10-25-20(2)16-23(17-21(25)3)18-31(5)22(4)33/h16-17,19,24H,6-15,18H2,1-5H3,(H,29,30,34). The summed E-state index contributed by atoms with van der Waals surface area (Å²) in [6.45, 7) is 10.8. The first-order chi connectivity index (χ1) is 16.7. The number of carbonyl (C=O) groups is 2. The molecule has 192 valence electrons. The molecule has 6 nitrogen and oxygen atoms in total. The van der Waals surface area contributed by atoms with Crippen LogP contribution in [0.25, 0.3) is 0 Å². The number of piperidine rings is 1. The summed E-state index contributed by atoms with van der Waals surface area (Å²) >= 11 is 1.90.